The molecule has 0 saturated heterocycles. The SMILES string of the molecule is CCCCCCCCCCCCCCCCCCCCCCCCC(=O)O[C@H](COC(=O)CCCCCCCCCCCCCCCCCCCC)COP(=O)(O)OC[C@@H](O)COP(=O)(O)OC[C@@H](COC(=O)CCCCCCCCCC)OC(=O)CCCCCCCCCCCCCCC. The van der Waals surface area contributed by atoms with Crippen molar-refractivity contribution in [2.24, 2.45) is 0 Å². The summed E-state index contributed by atoms with van der Waals surface area (Å²) >= 11 is 0. The molecule has 0 aromatic heterocycles. The van der Waals surface area contributed by atoms with Crippen LogP contribution in [0.4, 0.5) is 0 Å². The molecule has 0 spiro atoms. The molecule has 0 aliphatic heterocycles. The number of aliphatic hydroxyl groups is 1. The zero-order valence-electron chi connectivity index (χ0n) is 65.9. The van der Waals surface area contributed by atoms with Gasteiger partial charge in [-0.1, -0.05) is 394 Å². The van der Waals surface area contributed by atoms with E-state index in [1.165, 1.54) is 276 Å². The van der Waals surface area contributed by atoms with Crippen LogP contribution in [0.3, 0.4) is 0 Å². The van der Waals surface area contributed by atoms with Gasteiger partial charge < -0.3 is 33.8 Å². The van der Waals surface area contributed by atoms with Crippen molar-refractivity contribution in [2.75, 3.05) is 39.6 Å². The molecule has 17 nitrogen and oxygen atoms in total. The molecule has 3 N–H and O–H groups in total. The first-order chi connectivity index (χ1) is 49.2. The van der Waals surface area contributed by atoms with Gasteiger partial charge in [0.1, 0.15) is 19.3 Å². The number of unbranched alkanes of at least 4 members (excludes halogenated alkanes) is 57. The van der Waals surface area contributed by atoms with Gasteiger partial charge >= 0.3 is 39.5 Å². The Bertz CT molecular complexity index is 1910. The molecule has 0 aliphatic rings. The average Bonchev–Trinajstić information content (AvgIpc) is 1.01. The van der Waals surface area contributed by atoms with Crippen molar-refractivity contribution in [1.82, 2.24) is 0 Å². The van der Waals surface area contributed by atoms with Crippen molar-refractivity contribution in [2.45, 2.75) is 463 Å². The number of phosphoric acid groups is 2. The topological polar surface area (TPSA) is 237 Å². The van der Waals surface area contributed by atoms with E-state index in [-0.39, 0.29) is 25.7 Å². The Balaban J connectivity index is 5.17. The monoisotopic (exact) mass is 1480 g/mol. The lowest BCUT2D eigenvalue weighted by Crippen LogP contribution is -2.30. The van der Waals surface area contributed by atoms with E-state index in [1.54, 1.807) is 0 Å². The third kappa shape index (κ3) is 76.1. The molecular formula is C82H160O17P2. The summed E-state index contributed by atoms with van der Waals surface area (Å²) in [5.74, 6) is -2.11. The molecule has 0 heterocycles. The number of phosphoric ester groups is 2. The van der Waals surface area contributed by atoms with Gasteiger partial charge in [0.05, 0.1) is 26.4 Å². The minimum absolute atomic E-state index is 0.108. The highest BCUT2D eigenvalue weighted by Gasteiger charge is 2.30. The van der Waals surface area contributed by atoms with Crippen molar-refractivity contribution in [3.05, 3.63) is 0 Å². The van der Waals surface area contributed by atoms with Crippen LogP contribution in [0.5, 0.6) is 0 Å². The maximum absolute atomic E-state index is 13.1. The van der Waals surface area contributed by atoms with Crippen molar-refractivity contribution in [3.8, 4) is 0 Å². The fourth-order valence-electron chi connectivity index (χ4n) is 12.8. The van der Waals surface area contributed by atoms with E-state index >= 15 is 0 Å². The first-order valence-electron chi connectivity index (χ1n) is 42.8. The second kappa shape index (κ2) is 76.3. The minimum Gasteiger partial charge on any atom is -0.462 e. The second-order valence-electron chi connectivity index (χ2n) is 29.5. The van der Waals surface area contributed by atoms with E-state index < -0.39 is 97.5 Å². The van der Waals surface area contributed by atoms with Crippen LogP contribution in [0, 0.1) is 0 Å². The van der Waals surface area contributed by atoms with Crippen LogP contribution in [0.25, 0.3) is 0 Å². The van der Waals surface area contributed by atoms with Gasteiger partial charge in [-0.25, -0.2) is 9.13 Å². The van der Waals surface area contributed by atoms with E-state index in [9.17, 15) is 43.2 Å². The number of carbonyl (C=O) groups is 4. The highest BCUT2D eigenvalue weighted by molar-refractivity contribution is 7.47. The quantitative estimate of drug-likeness (QED) is 0.0222. The van der Waals surface area contributed by atoms with Crippen LogP contribution in [0.2, 0.25) is 0 Å². The average molecular weight is 1480 g/mol. The Kier molecular flexibility index (Phi) is 74.8. The van der Waals surface area contributed by atoms with Crippen LogP contribution in [-0.2, 0) is 65.4 Å². The Hall–Kier alpha value is -1.94. The lowest BCUT2D eigenvalue weighted by Gasteiger charge is -2.21. The Morgan fingerprint density at radius 2 is 0.396 bits per heavy atom. The first kappa shape index (κ1) is 99.1. The highest BCUT2D eigenvalue weighted by atomic mass is 31.2. The summed E-state index contributed by atoms with van der Waals surface area (Å²) in [6.07, 6.45) is 69.6. The number of ether oxygens (including phenoxy) is 4. The zero-order chi connectivity index (χ0) is 73.9. The van der Waals surface area contributed by atoms with E-state index in [2.05, 4.69) is 27.7 Å². The summed E-state index contributed by atoms with van der Waals surface area (Å²) in [5.41, 5.74) is 0. The molecule has 0 aliphatic carbocycles. The van der Waals surface area contributed by atoms with Gasteiger partial charge in [0.25, 0.3) is 0 Å². The number of rotatable bonds is 83. The predicted octanol–water partition coefficient (Wildman–Crippen LogP) is 25.0. The number of carbonyl (C=O) groups excluding carboxylic acids is 4. The zero-order valence-corrected chi connectivity index (χ0v) is 67.7. The minimum atomic E-state index is -4.96. The smallest absolute Gasteiger partial charge is 0.462 e. The fraction of sp³-hybridized carbons (Fsp3) is 0.951. The van der Waals surface area contributed by atoms with Crippen molar-refractivity contribution >= 4 is 39.5 Å². The van der Waals surface area contributed by atoms with Crippen molar-refractivity contribution in [1.29, 1.82) is 0 Å². The molecule has 0 radical (unpaired) electrons. The maximum atomic E-state index is 13.1. The van der Waals surface area contributed by atoms with Crippen LogP contribution in [0.15, 0.2) is 0 Å². The maximum Gasteiger partial charge on any atom is 0.472 e. The van der Waals surface area contributed by atoms with Crippen LogP contribution < -0.4 is 0 Å². The standard InChI is InChI=1S/C82H160O17P2/c1-5-9-13-17-21-25-28-31-33-35-37-38-39-40-42-44-47-50-53-57-61-65-69-82(87)99-78(73-93-80(85)67-63-59-55-51-48-46-43-41-36-34-32-29-26-22-18-14-10-6-2)75-97-101(90,91)95-71-76(83)70-94-100(88,89)96-74-77(72-92-79(84)66-62-58-54-24-20-16-12-8-4)98-81(86)68-64-60-56-52-49-45-30-27-23-19-15-11-7-3/h76-78,83H,5-75H2,1-4H3,(H,88,89)(H,90,91)/t76-,77+,78+/m0/s1. The van der Waals surface area contributed by atoms with E-state index in [0.29, 0.717) is 25.7 Å². The fourth-order valence-corrected chi connectivity index (χ4v) is 14.4. The molecule has 0 bridgehead atoms. The molecule has 600 valence electrons. The Labute approximate surface area is 619 Å². The van der Waals surface area contributed by atoms with Crippen LogP contribution in [-0.4, -0.2) is 96.7 Å². The van der Waals surface area contributed by atoms with Gasteiger partial charge in [0, 0.05) is 25.7 Å². The number of hydrogen-bond acceptors (Lipinski definition) is 15. The van der Waals surface area contributed by atoms with E-state index in [0.717, 1.165) is 89.9 Å². The molecule has 101 heavy (non-hydrogen) atoms. The van der Waals surface area contributed by atoms with Gasteiger partial charge in [-0.2, -0.15) is 0 Å². The number of hydrogen-bond donors (Lipinski definition) is 3. The normalized spacial score (nSPS) is 13.8. The van der Waals surface area contributed by atoms with Gasteiger partial charge in [0.2, 0.25) is 0 Å². The summed E-state index contributed by atoms with van der Waals surface area (Å²) in [6.45, 7) is 5.00. The van der Waals surface area contributed by atoms with Crippen molar-refractivity contribution in [3.63, 3.8) is 0 Å². The van der Waals surface area contributed by atoms with Gasteiger partial charge in [-0.15, -0.1) is 0 Å². The summed E-state index contributed by atoms with van der Waals surface area (Å²) in [5, 5.41) is 10.6. The summed E-state index contributed by atoms with van der Waals surface area (Å²) in [4.78, 5) is 72.9. The largest absolute Gasteiger partial charge is 0.472 e. The van der Waals surface area contributed by atoms with Crippen LogP contribution >= 0.6 is 15.6 Å². The molecular weight excluding hydrogens is 1320 g/mol. The summed E-state index contributed by atoms with van der Waals surface area (Å²) in [6, 6.07) is 0. The molecule has 0 aromatic carbocycles. The highest BCUT2D eigenvalue weighted by Crippen LogP contribution is 2.45. The van der Waals surface area contributed by atoms with Crippen LogP contribution in [0.1, 0.15) is 445 Å². The Morgan fingerprint density at radius 1 is 0.238 bits per heavy atom. The van der Waals surface area contributed by atoms with Gasteiger partial charge in [-0.05, 0) is 25.7 Å². The van der Waals surface area contributed by atoms with E-state index in [1.807, 2.05) is 0 Å². The molecule has 19 heteroatoms. The molecule has 0 saturated carbocycles. The molecule has 5 atom stereocenters. The molecule has 0 rings (SSSR count). The lowest BCUT2D eigenvalue weighted by atomic mass is 10.0. The number of esters is 4. The van der Waals surface area contributed by atoms with Crippen molar-refractivity contribution < 1.29 is 80.2 Å². The lowest BCUT2D eigenvalue weighted by molar-refractivity contribution is -0.161. The molecule has 0 amide bonds. The molecule has 0 aromatic rings. The second-order valence-corrected chi connectivity index (χ2v) is 32.4. The number of aliphatic hydroxyl groups excluding tert-OH is 1. The van der Waals surface area contributed by atoms with Gasteiger partial charge in [0.15, 0.2) is 12.2 Å². The predicted molar refractivity (Wildman–Crippen MR) is 414 cm³/mol. The molecule has 2 unspecified atom stereocenters. The van der Waals surface area contributed by atoms with E-state index in [4.69, 9.17) is 37.0 Å². The first-order valence-corrected chi connectivity index (χ1v) is 45.8. The third-order valence-corrected chi connectivity index (χ3v) is 21.3. The Morgan fingerprint density at radius 3 is 0.584 bits per heavy atom. The summed E-state index contributed by atoms with van der Waals surface area (Å²) < 4.78 is 68.7. The molecule has 0 fully saturated rings. The third-order valence-electron chi connectivity index (χ3n) is 19.4. The van der Waals surface area contributed by atoms with Gasteiger partial charge in [-0.3, -0.25) is 37.3 Å². The summed E-state index contributed by atoms with van der Waals surface area (Å²) in [7, 11) is -9.91.